The zero-order valence-electron chi connectivity index (χ0n) is 23.0. The van der Waals surface area contributed by atoms with E-state index >= 15 is 0 Å². The van der Waals surface area contributed by atoms with Crippen LogP contribution in [-0.4, -0.2) is 34.5 Å². The third-order valence-electron chi connectivity index (χ3n) is 12.5. The predicted molar refractivity (Wildman–Crippen MR) is 138 cm³/mol. The van der Waals surface area contributed by atoms with Crippen molar-refractivity contribution < 1.29 is 19.7 Å². The SMILES string of the molecule is CC(C)C1CC(O)OC(C(C)C2CC(=O)C3C4CC[C@@H](O)CC5CCCC[C@]5(C)C4CC[C@]23C)C1. The molecule has 9 unspecified atom stereocenters. The van der Waals surface area contributed by atoms with Gasteiger partial charge < -0.3 is 14.9 Å². The van der Waals surface area contributed by atoms with E-state index in [1.54, 1.807) is 0 Å². The number of aliphatic hydroxyl groups excluding tert-OH is 2. The average Bonchev–Trinajstić information content (AvgIpc) is 3.07. The second-order valence-electron chi connectivity index (χ2n) is 14.4. The number of hydrogen-bond donors (Lipinski definition) is 2. The Hall–Kier alpha value is -0.450. The van der Waals surface area contributed by atoms with Crippen molar-refractivity contribution in [2.75, 3.05) is 0 Å². The molecule has 0 amide bonds. The summed E-state index contributed by atoms with van der Waals surface area (Å²) in [6, 6.07) is 0. The van der Waals surface area contributed by atoms with Crippen LogP contribution in [0.25, 0.3) is 0 Å². The van der Waals surface area contributed by atoms with Crippen molar-refractivity contribution in [1.29, 1.82) is 0 Å². The van der Waals surface area contributed by atoms with Crippen LogP contribution >= 0.6 is 0 Å². The monoisotopic (exact) mass is 488 g/mol. The Kier molecular flexibility index (Phi) is 7.25. The highest BCUT2D eigenvalue weighted by Gasteiger charge is 2.62. The lowest BCUT2D eigenvalue weighted by Crippen LogP contribution is -2.53. The van der Waals surface area contributed by atoms with Crippen LogP contribution in [0.5, 0.6) is 0 Å². The van der Waals surface area contributed by atoms with Crippen LogP contribution in [0.15, 0.2) is 0 Å². The molecule has 4 heteroatoms. The van der Waals surface area contributed by atoms with Gasteiger partial charge in [0.2, 0.25) is 0 Å². The van der Waals surface area contributed by atoms with Gasteiger partial charge in [0.25, 0.3) is 0 Å². The summed E-state index contributed by atoms with van der Waals surface area (Å²) >= 11 is 0. The molecule has 200 valence electrons. The number of hydrogen-bond acceptors (Lipinski definition) is 4. The number of ether oxygens (including phenoxy) is 1. The Balaban J connectivity index is 1.42. The zero-order valence-corrected chi connectivity index (χ0v) is 23.0. The van der Waals surface area contributed by atoms with Crippen LogP contribution in [0.1, 0.15) is 112 Å². The molecule has 4 saturated carbocycles. The van der Waals surface area contributed by atoms with E-state index in [-0.39, 0.29) is 34.9 Å². The van der Waals surface area contributed by atoms with E-state index in [0.717, 1.165) is 38.5 Å². The summed E-state index contributed by atoms with van der Waals surface area (Å²) in [6.07, 6.45) is 11.9. The molecule has 1 saturated heterocycles. The number of ketones is 1. The van der Waals surface area contributed by atoms with Gasteiger partial charge in [-0.2, -0.15) is 0 Å². The highest BCUT2D eigenvalue weighted by molar-refractivity contribution is 5.85. The maximum atomic E-state index is 13.9. The molecule has 0 spiro atoms. The van der Waals surface area contributed by atoms with Gasteiger partial charge in [-0.1, -0.05) is 47.5 Å². The lowest BCUT2D eigenvalue weighted by molar-refractivity contribution is -0.204. The van der Waals surface area contributed by atoms with Gasteiger partial charge in [-0.15, -0.1) is 0 Å². The van der Waals surface area contributed by atoms with Gasteiger partial charge in [0.15, 0.2) is 6.29 Å². The van der Waals surface area contributed by atoms with E-state index in [2.05, 4.69) is 34.6 Å². The number of aliphatic hydroxyl groups is 2. The van der Waals surface area contributed by atoms with Crippen molar-refractivity contribution in [3.05, 3.63) is 0 Å². The summed E-state index contributed by atoms with van der Waals surface area (Å²) in [4.78, 5) is 13.9. The van der Waals surface area contributed by atoms with Crippen molar-refractivity contribution >= 4 is 5.78 Å². The van der Waals surface area contributed by atoms with Gasteiger partial charge in [-0.05, 0) is 104 Å². The molecule has 4 aliphatic carbocycles. The Morgan fingerprint density at radius 1 is 0.914 bits per heavy atom. The lowest BCUT2D eigenvalue weighted by atomic mass is 9.46. The molecule has 1 aliphatic heterocycles. The normalized spacial score (nSPS) is 51.7. The summed E-state index contributed by atoms with van der Waals surface area (Å²) in [5.74, 6) is 3.90. The maximum Gasteiger partial charge on any atom is 0.155 e. The Bertz CT molecular complexity index is 780. The van der Waals surface area contributed by atoms with E-state index in [4.69, 9.17) is 4.74 Å². The second-order valence-corrected chi connectivity index (χ2v) is 14.4. The van der Waals surface area contributed by atoms with Crippen LogP contribution in [0, 0.1) is 58.2 Å². The minimum atomic E-state index is -0.671. The summed E-state index contributed by atoms with van der Waals surface area (Å²) in [6.45, 7) is 11.8. The fraction of sp³-hybridized carbons (Fsp3) is 0.968. The van der Waals surface area contributed by atoms with Crippen molar-refractivity contribution in [2.24, 2.45) is 58.2 Å². The first kappa shape index (κ1) is 26.2. The lowest BCUT2D eigenvalue weighted by Gasteiger charge is -2.58. The number of Topliss-reactive ketones (excluding diaryl/α,β-unsaturated/α-hetero) is 1. The fourth-order valence-electron chi connectivity index (χ4n) is 10.4. The van der Waals surface area contributed by atoms with Gasteiger partial charge >= 0.3 is 0 Å². The van der Waals surface area contributed by atoms with E-state index in [1.165, 1.54) is 32.1 Å². The molecule has 0 bridgehead atoms. The standard InChI is InChI=1S/C31H52O4/c1-18(2)20-14-27(35-28(34)15-20)19(3)25-17-26(33)29-23-10-9-22(32)16-21-8-6-7-12-30(21,4)24(23)11-13-31(25,29)5/h18-25,27-29,32,34H,6-17H2,1-5H3/t19?,20?,21?,22-,23?,24?,25?,27?,28?,29?,30+,31-/m1/s1. The molecular weight excluding hydrogens is 436 g/mol. The number of fused-ring (bicyclic) bond motifs is 5. The summed E-state index contributed by atoms with van der Waals surface area (Å²) in [5.41, 5.74) is 0.290. The molecule has 12 atom stereocenters. The Morgan fingerprint density at radius 2 is 1.69 bits per heavy atom. The molecule has 35 heavy (non-hydrogen) atoms. The number of carbonyl (C=O) groups excluding carboxylic acids is 1. The smallest absolute Gasteiger partial charge is 0.155 e. The minimum absolute atomic E-state index is 0.0153. The molecule has 0 aromatic rings. The number of carbonyl (C=O) groups is 1. The van der Waals surface area contributed by atoms with Crippen molar-refractivity contribution in [2.45, 2.75) is 130 Å². The van der Waals surface area contributed by atoms with Crippen LogP contribution < -0.4 is 0 Å². The minimum Gasteiger partial charge on any atom is -0.393 e. The largest absolute Gasteiger partial charge is 0.393 e. The van der Waals surface area contributed by atoms with Crippen molar-refractivity contribution in [1.82, 2.24) is 0 Å². The second kappa shape index (κ2) is 9.70. The van der Waals surface area contributed by atoms with E-state index in [1.807, 2.05) is 0 Å². The van der Waals surface area contributed by atoms with Gasteiger partial charge in [-0.25, -0.2) is 0 Å². The zero-order chi connectivity index (χ0) is 25.1. The molecule has 5 fully saturated rings. The van der Waals surface area contributed by atoms with E-state index in [0.29, 0.717) is 47.7 Å². The van der Waals surface area contributed by atoms with Crippen molar-refractivity contribution in [3.63, 3.8) is 0 Å². The number of rotatable bonds is 3. The average molecular weight is 489 g/mol. The first-order chi connectivity index (χ1) is 16.5. The quantitative estimate of drug-likeness (QED) is 0.484. The Labute approximate surface area is 214 Å². The summed E-state index contributed by atoms with van der Waals surface area (Å²) in [5, 5.41) is 21.4. The van der Waals surface area contributed by atoms with Crippen LogP contribution in [0.4, 0.5) is 0 Å². The molecule has 2 N–H and O–H groups in total. The molecule has 4 nitrogen and oxygen atoms in total. The highest BCUT2D eigenvalue weighted by atomic mass is 16.6. The summed E-state index contributed by atoms with van der Waals surface area (Å²) in [7, 11) is 0. The molecule has 1 heterocycles. The van der Waals surface area contributed by atoms with Gasteiger partial charge in [0, 0.05) is 18.8 Å². The first-order valence-electron chi connectivity index (χ1n) is 15.1. The fourth-order valence-corrected chi connectivity index (χ4v) is 10.4. The molecule has 0 aromatic heterocycles. The van der Waals surface area contributed by atoms with Gasteiger partial charge in [-0.3, -0.25) is 4.79 Å². The molecule has 5 aliphatic rings. The van der Waals surface area contributed by atoms with Crippen molar-refractivity contribution in [3.8, 4) is 0 Å². The van der Waals surface area contributed by atoms with Crippen LogP contribution in [0.3, 0.4) is 0 Å². The van der Waals surface area contributed by atoms with E-state index in [9.17, 15) is 15.0 Å². The van der Waals surface area contributed by atoms with Gasteiger partial charge in [0.1, 0.15) is 5.78 Å². The summed E-state index contributed by atoms with van der Waals surface area (Å²) < 4.78 is 6.16. The van der Waals surface area contributed by atoms with Crippen LogP contribution in [0.2, 0.25) is 0 Å². The highest BCUT2D eigenvalue weighted by Crippen LogP contribution is 2.66. The molecule has 0 radical (unpaired) electrons. The van der Waals surface area contributed by atoms with E-state index < -0.39 is 6.29 Å². The maximum absolute atomic E-state index is 13.9. The Morgan fingerprint density at radius 3 is 2.43 bits per heavy atom. The molecule has 5 rings (SSSR count). The topological polar surface area (TPSA) is 66.8 Å². The molecule has 0 aromatic carbocycles. The third kappa shape index (κ3) is 4.46. The van der Waals surface area contributed by atoms with Gasteiger partial charge in [0.05, 0.1) is 12.2 Å². The molecular formula is C31H52O4. The van der Waals surface area contributed by atoms with Crippen LogP contribution in [-0.2, 0) is 9.53 Å². The predicted octanol–water partition coefficient (Wildman–Crippen LogP) is 6.37. The third-order valence-corrected chi connectivity index (χ3v) is 12.5. The first-order valence-corrected chi connectivity index (χ1v) is 15.1.